The molecule has 4 heteroatoms. The normalized spacial score (nSPS) is 10.5. The van der Waals surface area contributed by atoms with Gasteiger partial charge in [0, 0.05) is 17.6 Å². The molecule has 0 aliphatic heterocycles. The molecular formula is C9H9ClN2O. The molecule has 0 aliphatic carbocycles. The summed E-state index contributed by atoms with van der Waals surface area (Å²) in [6.07, 6.45) is 5.18. The molecule has 0 unspecified atom stereocenters. The van der Waals surface area contributed by atoms with E-state index < -0.39 is 0 Å². The zero-order valence-electron chi connectivity index (χ0n) is 6.90. The van der Waals surface area contributed by atoms with Crippen LogP contribution in [0, 0.1) is 0 Å². The molecule has 13 heavy (non-hydrogen) atoms. The summed E-state index contributed by atoms with van der Waals surface area (Å²) in [6.45, 7) is 0. The van der Waals surface area contributed by atoms with Crippen LogP contribution < -0.4 is 5.73 Å². The second-order valence-electron chi connectivity index (χ2n) is 2.47. The van der Waals surface area contributed by atoms with E-state index in [1.807, 2.05) is 0 Å². The fraction of sp³-hybridized carbons (Fsp3) is 0.111. The van der Waals surface area contributed by atoms with Crippen LogP contribution in [-0.2, 0) is 4.79 Å². The summed E-state index contributed by atoms with van der Waals surface area (Å²) in [5.74, 6) is -0.363. The number of primary amides is 1. The second-order valence-corrected chi connectivity index (χ2v) is 2.91. The molecule has 0 spiro atoms. The third kappa shape index (κ3) is 3.71. The summed E-state index contributed by atoms with van der Waals surface area (Å²) in [7, 11) is 0. The lowest BCUT2D eigenvalue weighted by atomic mass is 10.3. The summed E-state index contributed by atoms with van der Waals surface area (Å²) >= 11 is 5.72. The van der Waals surface area contributed by atoms with Crippen molar-refractivity contribution in [1.82, 2.24) is 4.98 Å². The van der Waals surface area contributed by atoms with Gasteiger partial charge in [-0.2, -0.15) is 0 Å². The molecule has 2 N–H and O–H groups in total. The Hall–Kier alpha value is -1.35. The van der Waals surface area contributed by atoms with Crippen LogP contribution in [0.3, 0.4) is 0 Å². The minimum atomic E-state index is -0.363. The first-order valence-electron chi connectivity index (χ1n) is 3.75. The fourth-order valence-corrected chi connectivity index (χ4v) is 0.976. The quantitative estimate of drug-likeness (QED) is 0.799. The van der Waals surface area contributed by atoms with E-state index in [2.05, 4.69) is 4.98 Å². The molecule has 0 aromatic carbocycles. The highest BCUT2D eigenvalue weighted by Crippen LogP contribution is 2.08. The van der Waals surface area contributed by atoms with Gasteiger partial charge in [0.1, 0.15) is 0 Å². The van der Waals surface area contributed by atoms with Crippen LogP contribution in [0.2, 0.25) is 5.02 Å². The summed E-state index contributed by atoms with van der Waals surface area (Å²) in [6, 6.07) is 3.39. The maximum atomic E-state index is 10.4. The summed E-state index contributed by atoms with van der Waals surface area (Å²) < 4.78 is 0. The van der Waals surface area contributed by atoms with E-state index in [1.54, 1.807) is 30.5 Å². The largest absolute Gasteiger partial charge is 0.369 e. The minimum absolute atomic E-state index is 0.216. The van der Waals surface area contributed by atoms with E-state index >= 15 is 0 Å². The third-order valence-corrected chi connectivity index (χ3v) is 1.59. The van der Waals surface area contributed by atoms with E-state index in [-0.39, 0.29) is 12.3 Å². The minimum Gasteiger partial charge on any atom is -0.369 e. The van der Waals surface area contributed by atoms with Crippen molar-refractivity contribution in [2.75, 3.05) is 0 Å². The van der Waals surface area contributed by atoms with Crippen molar-refractivity contribution < 1.29 is 4.79 Å². The molecule has 1 aromatic rings. The second kappa shape index (κ2) is 4.62. The summed E-state index contributed by atoms with van der Waals surface area (Å²) in [4.78, 5) is 14.4. The van der Waals surface area contributed by atoms with Crippen molar-refractivity contribution in [3.63, 3.8) is 0 Å². The van der Waals surface area contributed by atoms with Crippen LogP contribution in [0.1, 0.15) is 12.1 Å². The molecule has 0 bridgehead atoms. The predicted octanol–water partition coefficient (Wildman–Crippen LogP) is 1.62. The molecule has 0 saturated heterocycles. The standard InChI is InChI=1S/C9H9ClN2O/c10-7-4-5-12-8(6-7)2-1-3-9(11)13/h1-2,4-6H,3H2,(H2,11,13). The van der Waals surface area contributed by atoms with E-state index in [9.17, 15) is 4.79 Å². The molecule has 0 fully saturated rings. The zero-order valence-corrected chi connectivity index (χ0v) is 7.66. The third-order valence-electron chi connectivity index (χ3n) is 1.35. The zero-order chi connectivity index (χ0) is 9.68. The SMILES string of the molecule is NC(=O)CC=Cc1cc(Cl)ccn1. The Morgan fingerprint density at radius 2 is 2.46 bits per heavy atom. The van der Waals surface area contributed by atoms with Crippen molar-refractivity contribution in [3.05, 3.63) is 35.1 Å². The number of pyridine rings is 1. The number of halogens is 1. The van der Waals surface area contributed by atoms with Crippen LogP contribution in [-0.4, -0.2) is 10.9 Å². The van der Waals surface area contributed by atoms with E-state index in [4.69, 9.17) is 17.3 Å². The molecule has 1 rings (SSSR count). The lowest BCUT2D eigenvalue weighted by Crippen LogP contribution is -2.07. The number of nitrogens with zero attached hydrogens (tertiary/aromatic N) is 1. The van der Waals surface area contributed by atoms with Gasteiger partial charge in [-0.25, -0.2) is 0 Å². The first-order valence-corrected chi connectivity index (χ1v) is 4.12. The Labute approximate surface area is 81.2 Å². The van der Waals surface area contributed by atoms with Crippen LogP contribution in [0.4, 0.5) is 0 Å². The van der Waals surface area contributed by atoms with Gasteiger partial charge in [0.15, 0.2) is 0 Å². The van der Waals surface area contributed by atoms with E-state index in [0.29, 0.717) is 10.7 Å². The van der Waals surface area contributed by atoms with Gasteiger partial charge in [-0.1, -0.05) is 17.7 Å². The van der Waals surface area contributed by atoms with E-state index in [1.165, 1.54) is 0 Å². The van der Waals surface area contributed by atoms with Gasteiger partial charge in [0.25, 0.3) is 0 Å². The van der Waals surface area contributed by atoms with Crippen LogP contribution >= 0.6 is 11.6 Å². The molecule has 68 valence electrons. The van der Waals surface area contributed by atoms with Gasteiger partial charge in [0.05, 0.1) is 5.69 Å². The van der Waals surface area contributed by atoms with Gasteiger partial charge in [-0.15, -0.1) is 0 Å². The van der Waals surface area contributed by atoms with Gasteiger partial charge >= 0.3 is 0 Å². The molecule has 1 amide bonds. The number of carbonyl (C=O) groups is 1. The molecular weight excluding hydrogens is 188 g/mol. The highest BCUT2D eigenvalue weighted by Gasteiger charge is 1.91. The number of nitrogens with two attached hydrogens (primary N) is 1. The van der Waals surface area contributed by atoms with Crippen LogP contribution in [0.25, 0.3) is 6.08 Å². The molecule has 0 saturated carbocycles. The topological polar surface area (TPSA) is 56.0 Å². The Morgan fingerprint density at radius 1 is 1.69 bits per heavy atom. The average molecular weight is 197 g/mol. The van der Waals surface area contributed by atoms with Crippen molar-refractivity contribution in [1.29, 1.82) is 0 Å². The molecule has 1 aromatic heterocycles. The molecule has 3 nitrogen and oxygen atoms in total. The molecule has 1 heterocycles. The number of amides is 1. The lowest BCUT2D eigenvalue weighted by molar-refractivity contribution is -0.117. The monoisotopic (exact) mass is 196 g/mol. The van der Waals surface area contributed by atoms with Crippen molar-refractivity contribution in [3.8, 4) is 0 Å². The summed E-state index contributed by atoms with van der Waals surface area (Å²) in [5.41, 5.74) is 5.67. The Balaban J connectivity index is 2.63. The molecule has 0 atom stereocenters. The lowest BCUT2D eigenvalue weighted by Gasteiger charge is -1.92. The maximum Gasteiger partial charge on any atom is 0.221 e. The highest BCUT2D eigenvalue weighted by atomic mass is 35.5. The number of aromatic nitrogens is 1. The fourth-order valence-electron chi connectivity index (χ4n) is 0.808. The molecule has 0 radical (unpaired) electrons. The van der Waals surface area contributed by atoms with E-state index in [0.717, 1.165) is 0 Å². The Kier molecular flexibility index (Phi) is 3.46. The number of hydrogen-bond acceptors (Lipinski definition) is 2. The number of rotatable bonds is 3. The van der Waals surface area contributed by atoms with Crippen LogP contribution in [0.15, 0.2) is 24.4 Å². The smallest absolute Gasteiger partial charge is 0.221 e. The first kappa shape index (κ1) is 9.74. The van der Waals surface area contributed by atoms with Gasteiger partial charge in [-0.3, -0.25) is 9.78 Å². The van der Waals surface area contributed by atoms with Crippen molar-refractivity contribution >= 4 is 23.6 Å². The van der Waals surface area contributed by atoms with Gasteiger partial charge < -0.3 is 5.73 Å². The number of carbonyl (C=O) groups excluding carboxylic acids is 1. The highest BCUT2D eigenvalue weighted by molar-refractivity contribution is 6.30. The van der Waals surface area contributed by atoms with Gasteiger partial charge in [-0.05, 0) is 18.2 Å². The Morgan fingerprint density at radius 3 is 3.08 bits per heavy atom. The summed E-state index contributed by atoms with van der Waals surface area (Å²) in [5, 5.41) is 0.619. The van der Waals surface area contributed by atoms with Crippen LogP contribution in [0.5, 0.6) is 0 Å². The Bertz CT molecular complexity index is 336. The van der Waals surface area contributed by atoms with Gasteiger partial charge in [0.2, 0.25) is 5.91 Å². The number of hydrogen-bond donors (Lipinski definition) is 1. The maximum absolute atomic E-state index is 10.4. The predicted molar refractivity (Wildman–Crippen MR) is 52.1 cm³/mol. The molecule has 0 aliphatic rings. The van der Waals surface area contributed by atoms with Crippen molar-refractivity contribution in [2.45, 2.75) is 6.42 Å². The first-order chi connectivity index (χ1) is 6.18. The average Bonchev–Trinajstić information content (AvgIpc) is 2.03. The van der Waals surface area contributed by atoms with Crippen molar-refractivity contribution in [2.24, 2.45) is 5.73 Å².